The Bertz CT molecular complexity index is 377. The molecule has 16 heavy (non-hydrogen) atoms. The van der Waals surface area contributed by atoms with Crippen LogP contribution in [0.2, 0.25) is 0 Å². The maximum absolute atomic E-state index is 13.3. The lowest BCUT2D eigenvalue weighted by Gasteiger charge is -2.28. The molecule has 0 aromatic heterocycles. The molecule has 1 fully saturated rings. The van der Waals surface area contributed by atoms with Crippen LogP contribution in [-0.2, 0) is 5.41 Å². The highest BCUT2D eigenvalue weighted by molar-refractivity contribution is 5.35. The minimum absolute atomic E-state index is 0.310. The van der Waals surface area contributed by atoms with Crippen LogP contribution in [0.4, 0.5) is 8.78 Å². The molecule has 0 spiro atoms. The summed E-state index contributed by atoms with van der Waals surface area (Å²) in [4.78, 5) is 0. The summed E-state index contributed by atoms with van der Waals surface area (Å²) >= 11 is 0. The van der Waals surface area contributed by atoms with Gasteiger partial charge in [0.25, 0.3) is 0 Å². The van der Waals surface area contributed by atoms with Gasteiger partial charge in [0.1, 0.15) is 0 Å². The van der Waals surface area contributed by atoms with E-state index in [1.807, 2.05) is 0 Å². The van der Waals surface area contributed by atoms with Crippen molar-refractivity contribution in [3.63, 3.8) is 0 Å². The van der Waals surface area contributed by atoms with Gasteiger partial charge >= 0.3 is 0 Å². The summed E-state index contributed by atoms with van der Waals surface area (Å²) in [6.07, 6.45) is 3.77. The van der Waals surface area contributed by atoms with Crippen molar-refractivity contribution in [1.82, 2.24) is 0 Å². The van der Waals surface area contributed by atoms with E-state index in [4.69, 9.17) is 10.8 Å². The molecule has 1 aromatic carbocycles. The minimum Gasteiger partial charge on any atom is -0.503 e. The minimum atomic E-state index is -0.908. The van der Waals surface area contributed by atoms with Crippen LogP contribution in [0.25, 0.3) is 0 Å². The first-order chi connectivity index (χ1) is 7.59. The number of halogens is 2. The molecule has 0 heterocycles. The van der Waals surface area contributed by atoms with Gasteiger partial charge in [-0.1, -0.05) is 12.8 Å². The molecule has 0 amide bonds. The summed E-state index contributed by atoms with van der Waals surface area (Å²) in [7, 11) is 0. The lowest BCUT2D eigenvalue weighted by atomic mass is 9.79. The number of hydrogen-bond acceptors (Lipinski definition) is 2. The van der Waals surface area contributed by atoms with E-state index in [-0.39, 0.29) is 5.41 Å². The molecule has 3 N–H and O–H groups in total. The zero-order chi connectivity index (χ0) is 11.8. The highest BCUT2D eigenvalue weighted by Crippen LogP contribution is 2.41. The Kier molecular flexibility index (Phi) is 2.84. The number of aromatic hydroxyl groups is 1. The molecule has 0 radical (unpaired) electrons. The van der Waals surface area contributed by atoms with E-state index in [2.05, 4.69) is 0 Å². The van der Waals surface area contributed by atoms with Crippen LogP contribution in [0.15, 0.2) is 12.1 Å². The number of rotatable bonds is 2. The second-order valence-corrected chi connectivity index (χ2v) is 4.48. The van der Waals surface area contributed by atoms with Crippen LogP contribution in [0.1, 0.15) is 31.2 Å². The van der Waals surface area contributed by atoms with Crippen molar-refractivity contribution in [2.24, 2.45) is 5.73 Å². The monoisotopic (exact) mass is 227 g/mol. The van der Waals surface area contributed by atoms with Crippen molar-refractivity contribution in [3.8, 4) is 5.75 Å². The molecule has 1 saturated carbocycles. The third-order valence-corrected chi connectivity index (χ3v) is 3.58. The molecular formula is C12H15F2NO. The van der Waals surface area contributed by atoms with Crippen LogP contribution >= 0.6 is 0 Å². The number of phenols is 1. The number of phenolic OH excluding ortho intramolecular Hbond substituents is 1. The van der Waals surface area contributed by atoms with Crippen molar-refractivity contribution in [1.29, 1.82) is 0 Å². The molecule has 1 aliphatic carbocycles. The van der Waals surface area contributed by atoms with E-state index in [1.165, 1.54) is 12.1 Å². The van der Waals surface area contributed by atoms with Gasteiger partial charge < -0.3 is 10.8 Å². The Morgan fingerprint density at radius 3 is 2.12 bits per heavy atom. The number of nitrogens with two attached hydrogens (primary N) is 1. The molecule has 0 unspecified atom stereocenters. The second kappa shape index (κ2) is 4.01. The molecule has 0 aliphatic heterocycles. The largest absolute Gasteiger partial charge is 0.503 e. The molecular weight excluding hydrogens is 212 g/mol. The van der Waals surface area contributed by atoms with Gasteiger partial charge in [-0.25, -0.2) is 8.78 Å². The Hall–Kier alpha value is -1.16. The summed E-state index contributed by atoms with van der Waals surface area (Å²) in [5, 5.41) is 9.05. The first-order valence-corrected chi connectivity index (χ1v) is 5.48. The summed E-state index contributed by atoms with van der Waals surface area (Å²) < 4.78 is 26.5. The fourth-order valence-corrected chi connectivity index (χ4v) is 2.53. The maximum Gasteiger partial charge on any atom is 0.187 e. The molecule has 4 heteroatoms. The first-order valence-electron chi connectivity index (χ1n) is 5.48. The van der Waals surface area contributed by atoms with E-state index < -0.39 is 17.4 Å². The average molecular weight is 227 g/mol. The quantitative estimate of drug-likeness (QED) is 0.815. The summed E-state index contributed by atoms with van der Waals surface area (Å²) in [5.41, 5.74) is 5.99. The molecule has 0 saturated heterocycles. The summed E-state index contributed by atoms with van der Waals surface area (Å²) in [6, 6.07) is 2.41. The van der Waals surface area contributed by atoms with E-state index in [0.29, 0.717) is 12.1 Å². The molecule has 88 valence electrons. The molecule has 0 atom stereocenters. The van der Waals surface area contributed by atoms with Gasteiger partial charge in [0.05, 0.1) is 0 Å². The Morgan fingerprint density at radius 2 is 1.69 bits per heavy atom. The van der Waals surface area contributed by atoms with Gasteiger partial charge in [0.2, 0.25) is 0 Å². The lowest BCUT2D eigenvalue weighted by molar-refractivity contribution is 0.387. The third-order valence-electron chi connectivity index (χ3n) is 3.58. The zero-order valence-electron chi connectivity index (χ0n) is 8.97. The maximum atomic E-state index is 13.3. The van der Waals surface area contributed by atoms with Gasteiger partial charge in [0.15, 0.2) is 17.4 Å². The standard InChI is InChI=1S/C12H15F2NO/c13-9-5-8(6-10(14)11(9)16)12(7-15)3-1-2-4-12/h5-6,16H,1-4,7,15H2. The smallest absolute Gasteiger partial charge is 0.187 e. The fraction of sp³-hybridized carbons (Fsp3) is 0.500. The van der Waals surface area contributed by atoms with Crippen molar-refractivity contribution in [3.05, 3.63) is 29.3 Å². The van der Waals surface area contributed by atoms with Crippen molar-refractivity contribution in [2.75, 3.05) is 6.54 Å². The van der Waals surface area contributed by atoms with Crippen LogP contribution in [-0.4, -0.2) is 11.7 Å². The Morgan fingerprint density at radius 1 is 1.19 bits per heavy atom. The first kappa shape index (κ1) is 11.3. The average Bonchev–Trinajstić information content (AvgIpc) is 2.75. The van der Waals surface area contributed by atoms with Crippen LogP contribution in [0.5, 0.6) is 5.75 Å². The van der Waals surface area contributed by atoms with Gasteiger partial charge in [-0.2, -0.15) is 0 Å². The lowest BCUT2D eigenvalue weighted by Crippen LogP contribution is -2.32. The SMILES string of the molecule is NCC1(c2cc(F)c(O)c(F)c2)CCCC1. The van der Waals surface area contributed by atoms with Crippen molar-refractivity contribution < 1.29 is 13.9 Å². The molecule has 0 bridgehead atoms. The van der Waals surface area contributed by atoms with E-state index in [9.17, 15) is 8.78 Å². The molecule has 1 aliphatic rings. The van der Waals surface area contributed by atoms with E-state index in [0.717, 1.165) is 25.7 Å². The van der Waals surface area contributed by atoms with Gasteiger partial charge in [-0.15, -0.1) is 0 Å². The predicted octanol–water partition coefficient (Wildman–Crippen LogP) is 2.44. The topological polar surface area (TPSA) is 46.2 Å². The number of benzene rings is 1. The normalized spacial score (nSPS) is 18.9. The Balaban J connectivity index is 2.47. The van der Waals surface area contributed by atoms with Gasteiger partial charge in [-0.3, -0.25) is 0 Å². The van der Waals surface area contributed by atoms with Crippen LogP contribution < -0.4 is 5.73 Å². The summed E-state index contributed by atoms with van der Waals surface area (Å²) in [5.74, 6) is -2.72. The van der Waals surface area contributed by atoms with Crippen molar-refractivity contribution >= 4 is 0 Å². The highest BCUT2D eigenvalue weighted by atomic mass is 19.1. The third kappa shape index (κ3) is 1.67. The van der Waals surface area contributed by atoms with Crippen LogP contribution in [0.3, 0.4) is 0 Å². The zero-order valence-corrected chi connectivity index (χ0v) is 8.97. The van der Waals surface area contributed by atoms with E-state index in [1.54, 1.807) is 0 Å². The van der Waals surface area contributed by atoms with Crippen LogP contribution in [0, 0.1) is 11.6 Å². The molecule has 2 nitrogen and oxygen atoms in total. The van der Waals surface area contributed by atoms with E-state index >= 15 is 0 Å². The molecule has 2 rings (SSSR count). The Labute approximate surface area is 93.1 Å². The van der Waals surface area contributed by atoms with Crippen molar-refractivity contribution in [2.45, 2.75) is 31.1 Å². The fourth-order valence-electron chi connectivity index (χ4n) is 2.53. The highest BCUT2D eigenvalue weighted by Gasteiger charge is 2.35. The van der Waals surface area contributed by atoms with Gasteiger partial charge in [-0.05, 0) is 30.5 Å². The predicted molar refractivity (Wildman–Crippen MR) is 57.2 cm³/mol. The molecule has 1 aromatic rings. The number of hydrogen-bond donors (Lipinski definition) is 2. The second-order valence-electron chi connectivity index (χ2n) is 4.48. The van der Waals surface area contributed by atoms with Gasteiger partial charge in [0, 0.05) is 12.0 Å². The summed E-state index contributed by atoms with van der Waals surface area (Å²) in [6.45, 7) is 0.386.